The molecular formula is C14H22N2O. The Balaban J connectivity index is 1.92. The largest absolute Gasteiger partial charge is 0.394 e. The normalized spacial score (nSPS) is 24.8. The van der Waals surface area contributed by atoms with Crippen LogP contribution in [0.2, 0.25) is 0 Å². The lowest BCUT2D eigenvalue weighted by Gasteiger charge is -2.28. The van der Waals surface area contributed by atoms with Gasteiger partial charge in [0.2, 0.25) is 0 Å². The van der Waals surface area contributed by atoms with Crippen molar-refractivity contribution in [2.45, 2.75) is 24.8 Å². The van der Waals surface area contributed by atoms with E-state index in [2.05, 4.69) is 35.2 Å². The second-order valence-electron chi connectivity index (χ2n) is 5.44. The molecule has 0 bridgehead atoms. The van der Waals surface area contributed by atoms with Crippen LogP contribution in [0.4, 0.5) is 0 Å². The van der Waals surface area contributed by atoms with Crippen LogP contribution < -0.4 is 5.73 Å². The fourth-order valence-corrected chi connectivity index (χ4v) is 2.53. The predicted octanol–water partition coefficient (Wildman–Crippen LogP) is 1.19. The minimum atomic E-state index is -0.481. The third-order valence-electron chi connectivity index (χ3n) is 3.49. The van der Waals surface area contributed by atoms with E-state index < -0.39 is 5.54 Å². The van der Waals surface area contributed by atoms with E-state index in [1.54, 1.807) is 0 Å². The van der Waals surface area contributed by atoms with E-state index in [4.69, 9.17) is 5.73 Å². The molecule has 3 heteroatoms. The summed E-state index contributed by atoms with van der Waals surface area (Å²) in [5.41, 5.74) is 6.92. The summed E-state index contributed by atoms with van der Waals surface area (Å²) in [6, 6.07) is 10.6. The summed E-state index contributed by atoms with van der Waals surface area (Å²) in [4.78, 5) is 2.36. The monoisotopic (exact) mass is 234 g/mol. The Morgan fingerprint density at radius 2 is 2.12 bits per heavy atom. The van der Waals surface area contributed by atoms with Gasteiger partial charge in [-0.2, -0.15) is 0 Å². The van der Waals surface area contributed by atoms with Gasteiger partial charge in [-0.3, -0.25) is 0 Å². The summed E-state index contributed by atoms with van der Waals surface area (Å²) in [6.07, 6.45) is 1.19. The number of nitrogens with zero attached hydrogens (tertiary/aromatic N) is 1. The zero-order valence-electron chi connectivity index (χ0n) is 10.5. The van der Waals surface area contributed by atoms with Crippen molar-refractivity contribution < 1.29 is 5.11 Å². The number of rotatable bonds is 4. The number of nitrogens with two attached hydrogens (primary N) is 1. The van der Waals surface area contributed by atoms with E-state index in [-0.39, 0.29) is 6.61 Å². The molecule has 94 valence electrons. The lowest BCUT2D eigenvalue weighted by Crippen LogP contribution is -2.50. The fraction of sp³-hybridized carbons (Fsp3) is 0.571. The predicted molar refractivity (Wildman–Crippen MR) is 69.9 cm³/mol. The van der Waals surface area contributed by atoms with Gasteiger partial charge in [-0.25, -0.2) is 0 Å². The lowest BCUT2D eigenvalue weighted by atomic mass is 9.99. The van der Waals surface area contributed by atoms with Crippen molar-refractivity contribution >= 4 is 0 Å². The molecule has 3 nitrogen and oxygen atoms in total. The van der Waals surface area contributed by atoms with E-state index >= 15 is 0 Å². The van der Waals surface area contributed by atoms with Crippen LogP contribution in [0.1, 0.15) is 24.8 Å². The second-order valence-corrected chi connectivity index (χ2v) is 5.44. The third-order valence-corrected chi connectivity index (χ3v) is 3.49. The van der Waals surface area contributed by atoms with Gasteiger partial charge in [-0.1, -0.05) is 30.3 Å². The van der Waals surface area contributed by atoms with Gasteiger partial charge in [-0.15, -0.1) is 0 Å². The zero-order chi connectivity index (χ0) is 12.3. The molecule has 1 aromatic carbocycles. The Hall–Kier alpha value is -0.900. The minimum Gasteiger partial charge on any atom is -0.394 e. The van der Waals surface area contributed by atoms with Crippen molar-refractivity contribution in [1.82, 2.24) is 4.90 Å². The first-order chi connectivity index (χ1) is 8.11. The molecular weight excluding hydrogens is 212 g/mol. The summed E-state index contributed by atoms with van der Waals surface area (Å²) in [5.74, 6) is 0.616. The van der Waals surface area contributed by atoms with Gasteiger partial charge in [0, 0.05) is 18.6 Å². The maximum atomic E-state index is 9.19. The van der Waals surface area contributed by atoms with Crippen molar-refractivity contribution in [3.63, 3.8) is 0 Å². The number of aliphatic hydroxyl groups excluding tert-OH is 1. The molecule has 1 aliphatic heterocycles. The van der Waals surface area contributed by atoms with Gasteiger partial charge in [0.15, 0.2) is 0 Å². The van der Waals surface area contributed by atoms with Crippen molar-refractivity contribution in [2.24, 2.45) is 5.73 Å². The number of aliphatic hydroxyl groups is 1. The molecule has 0 radical (unpaired) electrons. The quantitative estimate of drug-likeness (QED) is 0.822. The Labute approximate surface area is 103 Å². The highest BCUT2D eigenvalue weighted by Crippen LogP contribution is 2.27. The zero-order valence-corrected chi connectivity index (χ0v) is 10.5. The van der Waals surface area contributed by atoms with Crippen LogP contribution >= 0.6 is 0 Å². The second kappa shape index (κ2) is 5.17. The minimum absolute atomic E-state index is 0.0412. The van der Waals surface area contributed by atoms with E-state index in [1.807, 2.05) is 6.92 Å². The molecule has 0 amide bonds. The summed E-state index contributed by atoms with van der Waals surface area (Å²) >= 11 is 0. The van der Waals surface area contributed by atoms with Crippen molar-refractivity contribution in [2.75, 3.05) is 26.2 Å². The van der Waals surface area contributed by atoms with E-state index in [1.165, 1.54) is 12.0 Å². The highest BCUT2D eigenvalue weighted by atomic mass is 16.3. The highest BCUT2D eigenvalue weighted by molar-refractivity contribution is 5.21. The molecule has 1 aliphatic rings. The smallest absolute Gasteiger partial charge is 0.0621 e. The van der Waals surface area contributed by atoms with Crippen LogP contribution in [0.15, 0.2) is 30.3 Å². The average molecular weight is 234 g/mol. The van der Waals surface area contributed by atoms with Crippen LogP contribution in [-0.4, -0.2) is 41.8 Å². The fourth-order valence-electron chi connectivity index (χ4n) is 2.53. The Morgan fingerprint density at radius 1 is 1.41 bits per heavy atom. The van der Waals surface area contributed by atoms with Crippen molar-refractivity contribution in [1.29, 1.82) is 0 Å². The van der Waals surface area contributed by atoms with E-state index in [9.17, 15) is 5.11 Å². The maximum Gasteiger partial charge on any atom is 0.0621 e. The Morgan fingerprint density at radius 3 is 2.76 bits per heavy atom. The van der Waals surface area contributed by atoms with Crippen molar-refractivity contribution in [3.8, 4) is 0 Å². The van der Waals surface area contributed by atoms with E-state index in [0.717, 1.165) is 19.6 Å². The Bertz CT molecular complexity index is 350. The molecule has 0 aliphatic carbocycles. The SMILES string of the molecule is CC(N)(CO)CN1CCC(c2ccccc2)C1. The topological polar surface area (TPSA) is 49.5 Å². The molecule has 2 atom stereocenters. The summed E-state index contributed by atoms with van der Waals surface area (Å²) < 4.78 is 0. The van der Waals surface area contributed by atoms with Gasteiger partial charge in [-0.05, 0) is 31.4 Å². The van der Waals surface area contributed by atoms with Crippen LogP contribution in [0.25, 0.3) is 0 Å². The van der Waals surface area contributed by atoms with Crippen molar-refractivity contribution in [3.05, 3.63) is 35.9 Å². The molecule has 1 fully saturated rings. The van der Waals surface area contributed by atoms with Gasteiger partial charge >= 0.3 is 0 Å². The molecule has 2 rings (SSSR count). The lowest BCUT2D eigenvalue weighted by molar-refractivity contribution is 0.162. The van der Waals surface area contributed by atoms with Gasteiger partial charge in [0.05, 0.1) is 6.61 Å². The third kappa shape index (κ3) is 3.28. The molecule has 0 aromatic heterocycles. The van der Waals surface area contributed by atoms with Gasteiger partial charge in [0.1, 0.15) is 0 Å². The maximum absolute atomic E-state index is 9.19. The van der Waals surface area contributed by atoms with E-state index in [0.29, 0.717) is 5.92 Å². The number of hydrogen-bond acceptors (Lipinski definition) is 3. The molecule has 1 aromatic rings. The summed E-state index contributed by atoms with van der Waals surface area (Å²) in [5, 5.41) is 9.19. The van der Waals surface area contributed by atoms with Gasteiger partial charge in [0.25, 0.3) is 0 Å². The first kappa shape index (κ1) is 12.6. The molecule has 17 heavy (non-hydrogen) atoms. The molecule has 1 heterocycles. The number of hydrogen-bond donors (Lipinski definition) is 2. The highest BCUT2D eigenvalue weighted by Gasteiger charge is 2.28. The van der Waals surface area contributed by atoms with Crippen LogP contribution in [0, 0.1) is 0 Å². The summed E-state index contributed by atoms with van der Waals surface area (Å²) in [6.45, 7) is 4.85. The molecule has 2 unspecified atom stereocenters. The molecule has 3 N–H and O–H groups in total. The molecule has 1 saturated heterocycles. The Kier molecular flexibility index (Phi) is 3.82. The van der Waals surface area contributed by atoms with Crippen LogP contribution in [0.5, 0.6) is 0 Å². The first-order valence-corrected chi connectivity index (χ1v) is 6.28. The van der Waals surface area contributed by atoms with Crippen LogP contribution in [0.3, 0.4) is 0 Å². The summed E-state index contributed by atoms with van der Waals surface area (Å²) in [7, 11) is 0. The van der Waals surface area contributed by atoms with Crippen LogP contribution in [-0.2, 0) is 0 Å². The van der Waals surface area contributed by atoms with Gasteiger partial charge < -0.3 is 15.7 Å². The number of likely N-dealkylation sites (tertiary alicyclic amines) is 1. The molecule has 0 spiro atoms. The molecule has 0 saturated carbocycles. The first-order valence-electron chi connectivity index (χ1n) is 6.28. The standard InChI is InChI=1S/C14H22N2O/c1-14(15,11-17)10-16-8-7-13(9-16)12-5-3-2-4-6-12/h2-6,13,17H,7-11,15H2,1H3. The number of benzene rings is 1. The average Bonchev–Trinajstić information content (AvgIpc) is 2.78.